The number of aromatic nitrogens is 2. The van der Waals surface area contributed by atoms with Crippen molar-refractivity contribution in [1.82, 2.24) is 14.5 Å². The number of aryl methyl sites for hydroxylation is 2. The van der Waals surface area contributed by atoms with E-state index in [2.05, 4.69) is 52.0 Å². The Labute approximate surface area is 206 Å². The zero-order chi connectivity index (χ0) is 23.9. The molecule has 34 heavy (non-hydrogen) atoms. The minimum absolute atomic E-state index is 0.223. The highest BCUT2D eigenvalue weighted by Crippen LogP contribution is 2.32. The molecule has 2 atom stereocenters. The summed E-state index contributed by atoms with van der Waals surface area (Å²) in [6.45, 7) is 2.95. The molecule has 182 valence electrons. The number of methoxy groups -OCH3 is 1. The maximum absolute atomic E-state index is 11.6. The first kappa shape index (κ1) is 24.6. The molecule has 7 heteroatoms. The number of pyridine rings is 1. The van der Waals surface area contributed by atoms with E-state index in [9.17, 15) is 9.90 Å². The molecule has 0 radical (unpaired) electrons. The summed E-state index contributed by atoms with van der Waals surface area (Å²) in [6.07, 6.45) is 8.39. The molecule has 1 saturated heterocycles. The zero-order valence-electron chi connectivity index (χ0n) is 20.2. The van der Waals surface area contributed by atoms with E-state index in [0.717, 1.165) is 67.7 Å². The van der Waals surface area contributed by atoms with Crippen LogP contribution in [-0.4, -0.2) is 58.0 Å². The zero-order valence-corrected chi connectivity index (χ0v) is 21.0. The molecule has 0 unspecified atom stereocenters. The van der Waals surface area contributed by atoms with Crippen molar-refractivity contribution >= 4 is 28.6 Å². The minimum Gasteiger partial charge on any atom is -0.497 e. The molecule has 1 aromatic carbocycles. The van der Waals surface area contributed by atoms with Crippen LogP contribution in [0.5, 0.6) is 5.75 Å². The number of fused-ring (bicyclic) bond motifs is 1. The molecule has 4 rings (SSSR count). The molecule has 3 heterocycles. The van der Waals surface area contributed by atoms with Gasteiger partial charge in [0.05, 0.1) is 17.7 Å². The normalized spacial score (nSPS) is 18.9. The Kier molecular flexibility index (Phi) is 8.51. The van der Waals surface area contributed by atoms with Gasteiger partial charge >= 0.3 is 5.97 Å². The molecule has 0 spiro atoms. The van der Waals surface area contributed by atoms with Crippen LogP contribution >= 0.6 is 11.8 Å². The fourth-order valence-electron chi connectivity index (χ4n) is 5.15. The third kappa shape index (κ3) is 6.33. The number of thioether (sulfide) groups is 1. The number of nitrogens with zero attached hydrogens (tertiary/aromatic N) is 3. The van der Waals surface area contributed by atoms with Crippen molar-refractivity contribution in [1.29, 1.82) is 0 Å². The number of ether oxygens (including phenoxy) is 1. The second kappa shape index (κ2) is 11.8. The second-order valence-electron chi connectivity index (χ2n) is 9.26. The van der Waals surface area contributed by atoms with Gasteiger partial charge in [0, 0.05) is 50.1 Å². The largest absolute Gasteiger partial charge is 0.497 e. The number of carboxylic acids is 1. The van der Waals surface area contributed by atoms with Crippen molar-refractivity contribution in [3.63, 3.8) is 0 Å². The highest BCUT2D eigenvalue weighted by Gasteiger charge is 2.30. The second-order valence-corrected chi connectivity index (χ2v) is 10.4. The molecule has 1 aliphatic heterocycles. The Morgan fingerprint density at radius 1 is 1.26 bits per heavy atom. The van der Waals surface area contributed by atoms with Gasteiger partial charge in [0.2, 0.25) is 0 Å². The Bertz CT molecular complexity index is 1100. The number of carbonyl (C=O) groups is 1. The van der Waals surface area contributed by atoms with Crippen LogP contribution in [0.25, 0.3) is 10.9 Å². The molecule has 1 aliphatic rings. The van der Waals surface area contributed by atoms with Crippen LogP contribution in [0.4, 0.5) is 0 Å². The summed E-state index contributed by atoms with van der Waals surface area (Å²) < 4.78 is 7.55. The Balaban J connectivity index is 1.31. The summed E-state index contributed by atoms with van der Waals surface area (Å²) in [5, 5.41) is 12.0. The lowest BCUT2D eigenvalue weighted by atomic mass is 9.80. The van der Waals surface area contributed by atoms with E-state index in [-0.39, 0.29) is 12.3 Å². The van der Waals surface area contributed by atoms with Gasteiger partial charge in [-0.15, -0.1) is 11.8 Å². The number of benzene rings is 1. The fourth-order valence-corrected chi connectivity index (χ4v) is 6.15. The smallest absolute Gasteiger partial charge is 0.303 e. The summed E-state index contributed by atoms with van der Waals surface area (Å²) in [5.41, 5.74) is 2.28. The molecule has 6 nitrogen and oxygen atoms in total. The van der Waals surface area contributed by atoms with E-state index in [0.29, 0.717) is 5.92 Å². The predicted molar refractivity (Wildman–Crippen MR) is 138 cm³/mol. The molecule has 0 saturated carbocycles. The molecule has 3 aromatic rings. The van der Waals surface area contributed by atoms with Crippen LogP contribution in [0.3, 0.4) is 0 Å². The molecule has 1 N–H and O–H groups in total. The van der Waals surface area contributed by atoms with Gasteiger partial charge in [0.25, 0.3) is 0 Å². The number of rotatable bonds is 11. The van der Waals surface area contributed by atoms with E-state index in [1.54, 1.807) is 7.11 Å². The first-order valence-corrected chi connectivity index (χ1v) is 13.1. The lowest BCUT2D eigenvalue weighted by Gasteiger charge is -2.38. The van der Waals surface area contributed by atoms with E-state index in [1.165, 1.54) is 10.6 Å². The average molecular weight is 482 g/mol. The minimum atomic E-state index is -0.678. The number of hydrogen-bond acceptors (Lipinski definition) is 5. The van der Waals surface area contributed by atoms with Gasteiger partial charge in [0.15, 0.2) is 0 Å². The van der Waals surface area contributed by atoms with Crippen LogP contribution in [-0.2, 0) is 18.3 Å². The topological polar surface area (TPSA) is 67.6 Å². The molecule has 2 aromatic heterocycles. The van der Waals surface area contributed by atoms with Crippen LogP contribution in [0.1, 0.15) is 31.2 Å². The average Bonchev–Trinajstić information content (AvgIpc) is 3.24. The van der Waals surface area contributed by atoms with Gasteiger partial charge in [-0.1, -0.05) is 0 Å². The van der Waals surface area contributed by atoms with E-state index in [4.69, 9.17) is 4.74 Å². The molecular weight excluding hydrogens is 446 g/mol. The third-order valence-electron chi connectivity index (χ3n) is 7.03. The van der Waals surface area contributed by atoms with Crippen molar-refractivity contribution in [2.24, 2.45) is 18.9 Å². The third-order valence-corrected chi connectivity index (χ3v) is 8.13. The lowest BCUT2D eigenvalue weighted by Crippen LogP contribution is -2.42. The standard InChI is InChI=1S/C27H35N3O3S/c1-29-13-4-7-26(29)34-16-15-30-14-11-20(22(19-30)17-27(31)32)5-3-6-21-10-12-28-25-9-8-23(33-2)18-24(21)25/h4,7-10,12-13,18,20,22H,3,5-6,11,14-17,19H2,1-2H3,(H,31,32)/t20-,22+/m1/s1. The van der Waals surface area contributed by atoms with Crippen molar-refractivity contribution < 1.29 is 14.6 Å². The van der Waals surface area contributed by atoms with Gasteiger partial charge in [-0.05, 0) is 86.0 Å². The van der Waals surface area contributed by atoms with E-state index >= 15 is 0 Å². The summed E-state index contributed by atoms with van der Waals surface area (Å²) in [6, 6.07) is 12.3. The van der Waals surface area contributed by atoms with Crippen LogP contribution in [0.15, 0.2) is 53.8 Å². The number of carboxylic acid groups (broad SMARTS) is 1. The summed E-state index contributed by atoms with van der Waals surface area (Å²) >= 11 is 1.87. The number of hydrogen-bond donors (Lipinski definition) is 1. The fraction of sp³-hybridized carbons (Fsp3) is 0.481. The van der Waals surface area contributed by atoms with Crippen LogP contribution < -0.4 is 4.74 Å². The van der Waals surface area contributed by atoms with Crippen molar-refractivity contribution in [2.45, 2.75) is 37.1 Å². The summed E-state index contributed by atoms with van der Waals surface area (Å²) in [4.78, 5) is 18.5. The van der Waals surface area contributed by atoms with Crippen molar-refractivity contribution in [2.75, 3.05) is 32.5 Å². The van der Waals surface area contributed by atoms with E-state index in [1.807, 2.05) is 30.1 Å². The number of aliphatic carboxylic acids is 1. The molecule has 0 bridgehead atoms. The highest BCUT2D eigenvalue weighted by molar-refractivity contribution is 7.99. The monoisotopic (exact) mass is 481 g/mol. The van der Waals surface area contributed by atoms with Crippen LogP contribution in [0.2, 0.25) is 0 Å². The summed E-state index contributed by atoms with van der Waals surface area (Å²) in [7, 11) is 3.76. The Hall–Kier alpha value is -2.51. The maximum Gasteiger partial charge on any atom is 0.303 e. The van der Waals surface area contributed by atoms with E-state index < -0.39 is 5.97 Å². The van der Waals surface area contributed by atoms with Gasteiger partial charge in [0.1, 0.15) is 5.75 Å². The molecule has 0 amide bonds. The number of piperidine rings is 1. The lowest BCUT2D eigenvalue weighted by molar-refractivity contribution is -0.139. The van der Waals surface area contributed by atoms with Gasteiger partial charge in [-0.2, -0.15) is 0 Å². The predicted octanol–water partition coefficient (Wildman–Crippen LogP) is 5.11. The van der Waals surface area contributed by atoms with Crippen LogP contribution in [0, 0.1) is 11.8 Å². The van der Waals surface area contributed by atoms with Gasteiger partial charge in [-0.25, -0.2) is 0 Å². The van der Waals surface area contributed by atoms with Gasteiger partial charge in [-0.3, -0.25) is 9.78 Å². The van der Waals surface area contributed by atoms with Crippen molar-refractivity contribution in [3.8, 4) is 5.75 Å². The molecule has 0 aliphatic carbocycles. The maximum atomic E-state index is 11.6. The Morgan fingerprint density at radius 3 is 2.91 bits per heavy atom. The first-order chi connectivity index (χ1) is 16.5. The molecular formula is C27H35N3O3S. The highest BCUT2D eigenvalue weighted by atomic mass is 32.2. The van der Waals surface area contributed by atoms with Crippen molar-refractivity contribution in [3.05, 3.63) is 54.4 Å². The summed E-state index contributed by atoms with van der Waals surface area (Å²) in [5.74, 6) is 1.89. The quantitative estimate of drug-likeness (QED) is 0.384. The van der Waals surface area contributed by atoms with Gasteiger partial charge < -0.3 is 19.3 Å². The SMILES string of the molecule is COc1ccc2nccc(CCC[C@@H]3CCN(CCSc4cccn4C)C[C@@H]3CC(=O)O)c2c1. The first-order valence-electron chi connectivity index (χ1n) is 12.1. The Morgan fingerprint density at radius 2 is 2.15 bits per heavy atom. The number of likely N-dealkylation sites (tertiary alicyclic amines) is 1. The molecule has 1 fully saturated rings.